The zero-order valence-electron chi connectivity index (χ0n) is 20.3. The largest absolute Gasteiger partial charge is 0.481 e. The number of halogens is 2. The fourth-order valence-electron chi connectivity index (χ4n) is 4.23. The summed E-state index contributed by atoms with van der Waals surface area (Å²) in [6.07, 6.45) is -0.593. The first-order valence-corrected chi connectivity index (χ1v) is 12.1. The summed E-state index contributed by atoms with van der Waals surface area (Å²) in [5, 5.41) is 12.3. The molecule has 196 valence electrons. The van der Waals surface area contributed by atoms with Gasteiger partial charge in [-0.2, -0.15) is 0 Å². The number of carboxylic acids is 1. The maximum absolute atomic E-state index is 13.7. The van der Waals surface area contributed by atoms with Gasteiger partial charge in [0.2, 0.25) is 0 Å². The molecular formula is C27H24ClFN4O5. The molecule has 1 aromatic heterocycles. The number of carboxylic acid groups (broad SMARTS) is 1. The lowest BCUT2D eigenvalue weighted by molar-refractivity contribution is -0.138. The Labute approximate surface area is 222 Å². The molecule has 2 aromatic carbocycles. The zero-order valence-corrected chi connectivity index (χ0v) is 21.1. The van der Waals surface area contributed by atoms with Crippen LogP contribution in [0.1, 0.15) is 44.3 Å². The van der Waals surface area contributed by atoms with Crippen molar-refractivity contribution in [3.8, 4) is 0 Å². The van der Waals surface area contributed by atoms with Crippen molar-refractivity contribution >= 4 is 35.3 Å². The molecule has 1 saturated heterocycles. The average molecular weight is 539 g/mol. The van der Waals surface area contributed by atoms with E-state index >= 15 is 0 Å². The topological polar surface area (TPSA) is 120 Å². The van der Waals surface area contributed by atoms with Crippen molar-refractivity contribution < 1.29 is 28.7 Å². The van der Waals surface area contributed by atoms with Gasteiger partial charge in [0.05, 0.1) is 18.0 Å². The van der Waals surface area contributed by atoms with Crippen LogP contribution in [-0.2, 0) is 9.59 Å². The number of benzene rings is 2. The van der Waals surface area contributed by atoms with Crippen molar-refractivity contribution in [1.29, 1.82) is 0 Å². The van der Waals surface area contributed by atoms with Crippen LogP contribution in [0.15, 0.2) is 66.9 Å². The van der Waals surface area contributed by atoms with Gasteiger partial charge in [0.15, 0.2) is 6.17 Å². The molecular weight excluding hydrogens is 515 g/mol. The van der Waals surface area contributed by atoms with E-state index in [1.807, 2.05) is 6.92 Å². The molecule has 1 aliphatic rings. The lowest BCUT2D eigenvalue weighted by atomic mass is 10.0. The maximum Gasteiger partial charge on any atom is 0.305 e. The predicted molar refractivity (Wildman–Crippen MR) is 136 cm³/mol. The number of carbonyl (C=O) groups is 4. The molecule has 0 bridgehead atoms. The molecule has 0 spiro atoms. The molecule has 38 heavy (non-hydrogen) atoms. The van der Waals surface area contributed by atoms with Crippen molar-refractivity contribution in [3.63, 3.8) is 0 Å². The third-order valence-corrected chi connectivity index (χ3v) is 6.39. The summed E-state index contributed by atoms with van der Waals surface area (Å²) >= 11 is 5.84. The fraction of sp³-hybridized carbons (Fsp3) is 0.222. The first-order valence-electron chi connectivity index (χ1n) is 11.7. The second-order valence-electron chi connectivity index (χ2n) is 8.82. The summed E-state index contributed by atoms with van der Waals surface area (Å²) in [7, 11) is 0. The number of aliphatic carboxylic acids is 1. The molecule has 2 N–H and O–H groups in total. The Kier molecular flexibility index (Phi) is 8.02. The van der Waals surface area contributed by atoms with E-state index in [0.717, 1.165) is 17.7 Å². The SMILES string of the molecule is Cc1ccc(C(=O)N2CCN(C(=O)c3ccc(Cl)nc3)C2C(=O)NC(CC(=O)O)c2ccc(F)cc2)cc1. The van der Waals surface area contributed by atoms with Gasteiger partial charge in [-0.1, -0.05) is 41.4 Å². The van der Waals surface area contributed by atoms with Gasteiger partial charge in [-0.05, 0) is 48.9 Å². The summed E-state index contributed by atoms with van der Waals surface area (Å²) in [6.45, 7) is 1.99. The molecule has 3 amide bonds. The Morgan fingerprint density at radius 1 is 0.974 bits per heavy atom. The number of aryl methyl sites for hydroxylation is 1. The monoisotopic (exact) mass is 538 g/mol. The minimum absolute atomic E-state index is 0.0529. The Balaban J connectivity index is 1.67. The number of nitrogens with zero attached hydrogens (tertiary/aromatic N) is 3. The Hall–Kier alpha value is -4.31. The van der Waals surface area contributed by atoms with E-state index in [0.29, 0.717) is 11.1 Å². The van der Waals surface area contributed by atoms with Crippen LogP contribution in [0.3, 0.4) is 0 Å². The van der Waals surface area contributed by atoms with Crippen LogP contribution in [0.5, 0.6) is 0 Å². The molecule has 11 heteroatoms. The molecule has 1 fully saturated rings. The van der Waals surface area contributed by atoms with E-state index in [1.54, 1.807) is 24.3 Å². The third-order valence-electron chi connectivity index (χ3n) is 6.17. The van der Waals surface area contributed by atoms with Crippen LogP contribution >= 0.6 is 11.6 Å². The van der Waals surface area contributed by atoms with Gasteiger partial charge < -0.3 is 20.2 Å². The molecule has 0 saturated carbocycles. The number of aromatic nitrogens is 1. The van der Waals surface area contributed by atoms with E-state index in [4.69, 9.17) is 11.6 Å². The number of nitrogens with one attached hydrogen (secondary N) is 1. The van der Waals surface area contributed by atoms with Gasteiger partial charge in [-0.25, -0.2) is 9.37 Å². The van der Waals surface area contributed by atoms with E-state index in [-0.39, 0.29) is 23.8 Å². The minimum Gasteiger partial charge on any atom is -0.481 e. The highest BCUT2D eigenvalue weighted by Crippen LogP contribution is 2.24. The highest BCUT2D eigenvalue weighted by atomic mass is 35.5. The number of amides is 3. The van der Waals surface area contributed by atoms with Crippen molar-refractivity contribution in [1.82, 2.24) is 20.1 Å². The molecule has 9 nitrogen and oxygen atoms in total. The number of carbonyl (C=O) groups excluding carboxylic acids is 3. The number of hydrogen-bond donors (Lipinski definition) is 2. The molecule has 1 aliphatic heterocycles. The summed E-state index contributed by atoms with van der Waals surface area (Å²) in [6, 6.07) is 13.7. The van der Waals surface area contributed by atoms with E-state index in [9.17, 15) is 28.7 Å². The number of hydrogen-bond acceptors (Lipinski definition) is 5. The normalized spacial score (nSPS) is 15.7. The second kappa shape index (κ2) is 11.4. The van der Waals surface area contributed by atoms with Crippen molar-refractivity contribution in [2.45, 2.75) is 25.6 Å². The van der Waals surface area contributed by atoms with Crippen molar-refractivity contribution in [2.75, 3.05) is 13.1 Å². The van der Waals surface area contributed by atoms with Crippen LogP contribution in [0, 0.1) is 12.7 Å². The van der Waals surface area contributed by atoms with Gasteiger partial charge in [-0.15, -0.1) is 0 Å². The molecule has 0 aliphatic carbocycles. The summed E-state index contributed by atoms with van der Waals surface area (Å²) in [5.41, 5.74) is 1.80. The average Bonchev–Trinajstić information content (AvgIpc) is 3.34. The number of rotatable bonds is 7. The first-order chi connectivity index (χ1) is 18.1. The highest BCUT2D eigenvalue weighted by Gasteiger charge is 2.44. The summed E-state index contributed by atoms with van der Waals surface area (Å²) in [4.78, 5) is 58.5. The molecule has 2 heterocycles. The maximum atomic E-state index is 13.7. The Morgan fingerprint density at radius 2 is 1.55 bits per heavy atom. The molecule has 2 atom stereocenters. The lowest BCUT2D eigenvalue weighted by Crippen LogP contribution is -2.54. The summed E-state index contributed by atoms with van der Waals surface area (Å²) < 4.78 is 13.5. The van der Waals surface area contributed by atoms with Gasteiger partial charge in [-0.3, -0.25) is 19.2 Å². The number of pyridine rings is 1. The van der Waals surface area contributed by atoms with Crippen molar-refractivity contribution in [2.24, 2.45) is 0 Å². The Bertz CT molecular complexity index is 1280. The van der Waals surface area contributed by atoms with E-state index < -0.39 is 48.1 Å². The molecule has 2 unspecified atom stereocenters. The quantitative estimate of drug-likeness (QED) is 0.445. The lowest BCUT2D eigenvalue weighted by Gasteiger charge is -2.31. The van der Waals surface area contributed by atoms with Crippen LogP contribution in [0.25, 0.3) is 0 Å². The third kappa shape index (κ3) is 5.97. The van der Waals surface area contributed by atoms with Crippen LogP contribution < -0.4 is 5.32 Å². The predicted octanol–water partition coefficient (Wildman–Crippen LogP) is 3.44. The highest BCUT2D eigenvalue weighted by molar-refractivity contribution is 6.29. The van der Waals surface area contributed by atoms with Crippen LogP contribution in [0.4, 0.5) is 4.39 Å². The van der Waals surface area contributed by atoms with Gasteiger partial charge in [0.1, 0.15) is 11.0 Å². The van der Waals surface area contributed by atoms with E-state index in [1.165, 1.54) is 40.3 Å². The minimum atomic E-state index is -1.37. The Morgan fingerprint density at radius 3 is 2.11 bits per heavy atom. The molecule has 3 aromatic rings. The zero-order chi connectivity index (χ0) is 27.4. The second-order valence-corrected chi connectivity index (χ2v) is 9.20. The summed E-state index contributed by atoms with van der Waals surface area (Å²) in [5.74, 6) is -3.49. The van der Waals surface area contributed by atoms with Gasteiger partial charge in [0.25, 0.3) is 17.7 Å². The fourth-order valence-corrected chi connectivity index (χ4v) is 4.35. The van der Waals surface area contributed by atoms with Crippen LogP contribution in [-0.4, -0.2) is 62.8 Å². The first kappa shape index (κ1) is 26.7. The molecule has 0 radical (unpaired) electrons. The standard InChI is InChI=1S/C27H24ClFN4O5/c1-16-2-4-18(5-3-16)26(37)32-12-13-33(27(38)19-8-11-22(28)30-15-19)25(32)24(36)31-21(14-23(34)35)17-6-9-20(29)10-7-17/h2-11,15,21,25H,12-14H2,1H3,(H,31,36)(H,34,35). The van der Waals surface area contributed by atoms with Crippen LogP contribution in [0.2, 0.25) is 5.15 Å². The molecule has 4 rings (SSSR count). The smallest absolute Gasteiger partial charge is 0.305 e. The van der Waals surface area contributed by atoms with E-state index in [2.05, 4.69) is 10.3 Å². The van der Waals surface area contributed by atoms with Gasteiger partial charge in [0, 0.05) is 24.8 Å². The van der Waals surface area contributed by atoms with Crippen molar-refractivity contribution in [3.05, 3.63) is 100 Å². The van der Waals surface area contributed by atoms with Gasteiger partial charge >= 0.3 is 5.97 Å².